The van der Waals surface area contributed by atoms with E-state index in [1.165, 1.54) is 0 Å². The van der Waals surface area contributed by atoms with Crippen LogP contribution in [0.2, 0.25) is 5.02 Å². The van der Waals surface area contributed by atoms with Gasteiger partial charge in [0.15, 0.2) is 16.9 Å². The lowest BCUT2D eigenvalue weighted by Crippen LogP contribution is -2.50. The van der Waals surface area contributed by atoms with Crippen molar-refractivity contribution in [2.75, 3.05) is 24.6 Å². The third-order valence-electron chi connectivity index (χ3n) is 6.39. The van der Waals surface area contributed by atoms with E-state index in [9.17, 15) is 0 Å². The van der Waals surface area contributed by atoms with Gasteiger partial charge in [-0.1, -0.05) is 11.6 Å². The van der Waals surface area contributed by atoms with E-state index in [0.717, 1.165) is 38.4 Å². The summed E-state index contributed by atoms with van der Waals surface area (Å²) in [6.07, 6.45) is 5.48. The lowest BCUT2D eigenvalue weighted by atomic mass is 9.73. The zero-order valence-corrected chi connectivity index (χ0v) is 17.7. The third kappa shape index (κ3) is 3.17. The summed E-state index contributed by atoms with van der Waals surface area (Å²) in [5.41, 5.74) is 8.30. The van der Waals surface area contributed by atoms with Crippen molar-refractivity contribution >= 4 is 28.6 Å². The van der Waals surface area contributed by atoms with Crippen molar-refractivity contribution in [3.63, 3.8) is 0 Å². The largest absolute Gasteiger partial charge is 0.434 e. The van der Waals surface area contributed by atoms with Crippen LogP contribution in [0.15, 0.2) is 18.5 Å². The molecule has 0 amide bonds. The van der Waals surface area contributed by atoms with E-state index in [2.05, 4.69) is 32.0 Å². The SMILES string of the molecule is Cc1nccc(Oc2n[nH]c3nc(N4CCC5(CC4)CO[C@@H](C)[C@H]5N)cnc23)c1Cl. The van der Waals surface area contributed by atoms with E-state index >= 15 is 0 Å². The first-order chi connectivity index (χ1) is 14.5. The molecule has 0 aromatic carbocycles. The first-order valence-electron chi connectivity index (χ1n) is 10.1. The zero-order valence-electron chi connectivity index (χ0n) is 16.9. The quantitative estimate of drug-likeness (QED) is 0.653. The Hall–Kier alpha value is -2.49. The fourth-order valence-corrected chi connectivity index (χ4v) is 4.51. The molecule has 0 unspecified atom stereocenters. The summed E-state index contributed by atoms with van der Waals surface area (Å²) in [6.45, 7) is 6.36. The van der Waals surface area contributed by atoms with Crippen LogP contribution in [0.4, 0.5) is 5.82 Å². The second-order valence-electron chi connectivity index (χ2n) is 8.16. The highest BCUT2D eigenvalue weighted by molar-refractivity contribution is 6.32. The lowest BCUT2D eigenvalue weighted by Gasteiger charge is -2.41. The van der Waals surface area contributed by atoms with E-state index in [1.807, 2.05) is 6.92 Å². The van der Waals surface area contributed by atoms with E-state index < -0.39 is 0 Å². The Labute approximate surface area is 178 Å². The van der Waals surface area contributed by atoms with Gasteiger partial charge in [-0.15, -0.1) is 5.10 Å². The molecule has 3 aromatic rings. The van der Waals surface area contributed by atoms with Crippen LogP contribution < -0.4 is 15.4 Å². The van der Waals surface area contributed by atoms with Gasteiger partial charge in [0.25, 0.3) is 5.88 Å². The van der Waals surface area contributed by atoms with Gasteiger partial charge >= 0.3 is 0 Å². The molecule has 30 heavy (non-hydrogen) atoms. The molecule has 9 nitrogen and oxygen atoms in total. The molecular formula is C20H24ClN7O2. The van der Waals surface area contributed by atoms with Crippen molar-refractivity contribution in [1.29, 1.82) is 0 Å². The standard InChI is InChI=1S/C20H24ClN7O2/c1-11-15(21)13(3-6-23-11)30-19-16-18(26-27-19)25-14(9-24-16)28-7-4-20(5-8-28)10-29-12(2)17(20)22/h3,6,9,12,17H,4-5,7-8,10,22H2,1-2H3,(H,25,26,27)/t12-,17+/m0/s1. The van der Waals surface area contributed by atoms with Crippen molar-refractivity contribution in [2.24, 2.45) is 11.1 Å². The number of aryl methyl sites for hydroxylation is 1. The van der Waals surface area contributed by atoms with Gasteiger partial charge in [-0.05, 0) is 26.7 Å². The predicted molar refractivity (Wildman–Crippen MR) is 113 cm³/mol. The number of nitrogens with two attached hydrogens (primary N) is 1. The van der Waals surface area contributed by atoms with Crippen molar-refractivity contribution in [1.82, 2.24) is 25.1 Å². The van der Waals surface area contributed by atoms with E-state index in [1.54, 1.807) is 18.5 Å². The van der Waals surface area contributed by atoms with Gasteiger partial charge in [-0.2, -0.15) is 0 Å². The highest BCUT2D eigenvalue weighted by atomic mass is 35.5. The highest BCUT2D eigenvalue weighted by Gasteiger charge is 2.47. The van der Waals surface area contributed by atoms with E-state index in [-0.39, 0.29) is 17.6 Å². The molecule has 2 aliphatic heterocycles. The molecule has 2 aliphatic rings. The fraction of sp³-hybridized carbons (Fsp3) is 0.500. The van der Waals surface area contributed by atoms with Crippen molar-refractivity contribution in [3.8, 4) is 11.6 Å². The Morgan fingerprint density at radius 3 is 2.87 bits per heavy atom. The molecule has 1 spiro atoms. The number of nitrogens with one attached hydrogen (secondary N) is 1. The number of H-pyrrole nitrogens is 1. The van der Waals surface area contributed by atoms with E-state index in [0.29, 0.717) is 33.5 Å². The number of aromatic nitrogens is 5. The predicted octanol–water partition coefficient (Wildman–Crippen LogP) is 2.83. The molecule has 0 aliphatic carbocycles. The molecule has 3 N–H and O–H groups in total. The van der Waals surface area contributed by atoms with Crippen LogP contribution in [0.3, 0.4) is 0 Å². The number of fused-ring (bicyclic) bond motifs is 1. The Balaban J connectivity index is 1.34. The second kappa shape index (κ2) is 7.33. The molecule has 0 saturated carbocycles. The number of piperidine rings is 1. The average Bonchev–Trinajstić information content (AvgIpc) is 3.28. The summed E-state index contributed by atoms with van der Waals surface area (Å²) in [7, 11) is 0. The van der Waals surface area contributed by atoms with Gasteiger partial charge in [-0.25, -0.2) is 9.97 Å². The molecule has 2 atom stereocenters. The molecule has 5 heterocycles. The molecule has 0 bridgehead atoms. The molecule has 0 radical (unpaired) electrons. The number of anilines is 1. The smallest absolute Gasteiger partial charge is 0.266 e. The van der Waals surface area contributed by atoms with Gasteiger partial charge in [0, 0.05) is 36.8 Å². The molecule has 158 valence electrons. The third-order valence-corrected chi connectivity index (χ3v) is 6.85. The van der Waals surface area contributed by atoms with Crippen LogP contribution in [0.25, 0.3) is 11.2 Å². The van der Waals surface area contributed by atoms with Crippen LogP contribution >= 0.6 is 11.6 Å². The summed E-state index contributed by atoms with van der Waals surface area (Å²) in [5.74, 6) is 1.62. The maximum atomic E-state index is 6.42. The van der Waals surface area contributed by atoms with Crippen LogP contribution in [-0.2, 0) is 4.74 Å². The van der Waals surface area contributed by atoms with Crippen molar-refractivity contribution in [3.05, 3.63) is 29.2 Å². The lowest BCUT2D eigenvalue weighted by molar-refractivity contribution is 0.0974. The number of rotatable bonds is 3. The number of aromatic amines is 1. The summed E-state index contributed by atoms with van der Waals surface area (Å²) < 4.78 is 11.7. The maximum Gasteiger partial charge on any atom is 0.266 e. The normalized spacial score (nSPS) is 23.4. The average molecular weight is 430 g/mol. The van der Waals surface area contributed by atoms with Gasteiger partial charge in [-0.3, -0.25) is 10.1 Å². The first kappa shape index (κ1) is 19.5. The Bertz CT molecular complexity index is 1080. The summed E-state index contributed by atoms with van der Waals surface area (Å²) in [6, 6.07) is 1.78. The number of hydrogen-bond donors (Lipinski definition) is 2. The number of halogens is 1. The van der Waals surface area contributed by atoms with E-state index in [4.69, 9.17) is 31.8 Å². The minimum absolute atomic E-state index is 0.0738. The van der Waals surface area contributed by atoms with Crippen LogP contribution in [-0.4, -0.2) is 57.0 Å². The maximum absolute atomic E-state index is 6.42. The van der Waals surface area contributed by atoms with Gasteiger partial charge in [0.05, 0.1) is 24.6 Å². The number of ether oxygens (including phenoxy) is 2. The minimum atomic E-state index is 0.0738. The minimum Gasteiger partial charge on any atom is -0.434 e. The molecule has 2 saturated heterocycles. The van der Waals surface area contributed by atoms with Gasteiger partial charge in [0.1, 0.15) is 10.8 Å². The fourth-order valence-electron chi connectivity index (χ4n) is 4.36. The monoisotopic (exact) mass is 429 g/mol. The second-order valence-corrected chi connectivity index (χ2v) is 8.53. The molecule has 2 fully saturated rings. The zero-order chi connectivity index (χ0) is 20.9. The number of hydrogen-bond acceptors (Lipinski definition) is 8. The molecule has 5 rings (SSSR count). The topological polar surface area (TPSA) is 115 Å². The van der Waals surface area contributed by atoms with Crippen LogP contribution in [0.1, 0.15) is 25.5 Å². The van der Waals surface area contributed by atoms with Crippen LogP contribution in [0.5, 0.6) is 11.6 Å². The molecule has 3 aromatic heterocycles. The summed E-state index contributed by atoms with van der Waals surface area (Å²) in [4.78, 5) is 15.6. The van der Waals surface area contributed by atoms with Crippen LogP contribution in [0, 0.1) is 12.3 Å². The molecular weight excluding hydrogens is 406 g/mol. The van der Waals surface area contributed by atoms with Gasteiger partial charge in [0.2, 0.25) is 0 Å². The molecule has 10 heteroatoms. The Morgan fingerprint density at radius 2 is 2.13 bits per heavy atom. The summed E-state index contributed by atoms with van der Waals surface area (Å²) in [5, 5.41) is 7.58. The number of nitrogens with zero attached hydrogens (tertiary/aromatic N) is 5. The Morgan fingerprint density at radius 1 is 1.33 bits per heavy atom. The highest BCUT2D eigenvalue weighted by Crippen LogP contribution is 2.42. The van der Waals surface area contributed by atoms with Crippen molar-refractivity contribution < 1.29 is 9.47 Å². The van der Waals surface area contributed by atoms with Gasteiger partial charge < -0.3 is 20.1 Å². The Kier molecular flexibility index (Phi) is 4.76. The first-order valence-corrected chi connectivity index (χ1v) is 10.5. The summed E-state index contributed by atoms with van der Waals surface area (Å²) >= 11 is 6.27. The van der Waals surface area contributed by atoms with Crippen molar-refractivity contribution in [2.45, 2.75) is 38.8 Å². The number of pyridine rings is 1.